The summed E-state index contributed by atoms with van der Waals surface area (Å²) in [4.78, 5) is 1.87. The van der Waals surface area contributed by atoms with Crippen LogP contribution in [-0.2, 0) is 0 Å². The molecule has 1 aliphatic heterocycles. The van der Waals surface area contributed by atoms with E-state index in [4.69, 9.17) is 0 Å². The van der Waals surface area contributed by atoms with Gasteiger partial charge in [0.15, 0.2) is 0 Å². The van der Waals surface area contributed by atoms with Gasteiger partial charge < -0.3 is 10.0 Å². The summed E-state index contributed by atoms with van der Waals surface area (Å²) in [7, 11) is 1.84. The SMILES string of the molecule is CN1CC(O)=C1c1ccc(C(F)F)cc1. The van der Waals surface area contributed by atoms with Crippen molar-refractivity contribution in [3.8, 4) is 0 Å². The molecule has 80 valence electrons. The summed E-state index contributed by atoms with van der Waals surface area (Å²) in [6, 6.07) is 5.96. The van der Waals surface area contributed by atoms with E-state index in [1.165, 1.54) is 12.1 Å². The molecule has 0 saturated carbocycles. The van der Waals surface area contributed by atoms with E-state index in [1.54, 1.807) is 12.1 Å². The van der Waals surface area contributed by atoms with Crippen molar-refractivity contribution in [2.45, 2.75) is 6.43 Å². The van der Waals surface area contributed by atoms with Crippen LogP contribution in [0.5, 0.6) is 0 Å². The van der Waals surface area contributed by atoms with Crippen molar-refractivity contribution in [1.29, 1.82) is 0 Å². The molecule has 1 heterocycles. The molecule has 1 aromatic carbocycles. The second-order valence-electron chi connectivity index (χ2n) is 3.57. The molecule has 0 radical (unpaired) electrons. The van der Waals surface area contributed by atoms with Gasteiger partial charge in [0.1, 0.15) is 5.76 Å². The Morgan fingerprint density at radius 3 is 2.27 bits per heavy atom. The smallest absolute Gasteiger partial charge is 0.263 e. The van der Waals surface area contributed by atoms with Crippen LogP contribution in [0.25, 0.3) is 5.70 Å². The summed E-state index contributed by atoms with van der Waals surface area (Å²) in [5.41, 5.74) is 1.49. The van der Waals surface area contributed by atoms with E-state index in [0.29, 0.717) is 12.3 Å². The van der Waals surface area contributed by atoms with E-state index in [0.717, 1.165) is 11.3 Å². The molecule has 0 unspecified atom stereocenters. The van der Waals surface area contributed by atoms with E-state index in [9.17, 15) is 13.9 Å². The third-order valence-electron chi connectivity index (χ3n) is 2.48. The first-order valence-electron chi connectivity index (χ1n) is 4.61. The summed E-state index contributed by atoms with van der Waals surface area (Å²) in [5, 5.41) is 9.40. The number of hydrogen-bond acceptors (Lipinski definition) is 2. The zero-order chi connectivity index (χ0) is 11.0. The van der Waals surface area contributed by atoms with Gasteiger partial charge in [0.2, 0.25) is 0 Å². The van der Waals surface area contributed by atoms with Crippen LogP contribution in [0.15, 0.2) is 30.0 Å². The molecule has 1 aromatic rings. The molecule has 1 N–H and O–H groups in total. The minimum Gasteiger partial charge on any atom is -0.508 e. The zero-order valence-corrected chi connectivity index (χ0v) is 8.24. The van der Waals surface area contributed by atoms with E-state index in [1.807, 2.05) is 11.9 Å². The Morgan fingerprint density at radius 1 is 1.27 bits per heavy atom. The first-order chi connectivity index (χ1) is 7.09. The lowest BCUT2D eigenvalue weighted by Crippen LogP contribution is -2.31. The van der Waals surface area contributed by atoms with Crippen LogP contribution in [0.3, 0.4) is 0 Å². The van der Waals surface area contributed by atoms with Gasteiger partial charge in [-0.1, -0.05) is 24.3 Å². The highest BCUT2D eigenvalue weighted by atomic mass is 19.3. The lowest BCUT2D eigenvalue weighted by Gasteiger charge is -2.32. The number of likely N-dealkylation sites (N-methyl/N-ethyl adjacent to an activating group) is 1. The van der Waals surface area contributed by atoms with Crippen molar-refractivity contribution in [2.24, 2.45) is 0 Å². The highest BCUT2D eigenvalue weighted by Crippen LogP contribution is 2.30. The second kappa shape index (κ2) is 3.53. The Kier molecular flexibility index (Phi) is 2.34. The first kappa shape index (κ1) is 9.96. The second-order valence-corrected chi connectivity index (χ2v) is 3.57. The Bertz CT molecular complexity index is 398. The highest BCUT2D eigenvalue weighted by molar-refractivity contribution is 5.70. The predicted molar refractivity (Wildman–Crippen MR) is 53.6 cm³/mol. The first-order valence-corrected chi connectivity index (χ1v) is 4.61. The monoisotopic (exact) mass is 211 g/mol. The summed E-state index contributed by atoms with van der Waals surface area (Å²) < 4.78 is 24.6. The minimum absolute atomic E-state index is 0.000756. The quantitative estimate of drug-likeness (QED) is 0.813. The van der Waals surface area contributed by atoms with E-state index >= 15 is 0 Å². The summed E-state index contributed by atoms with van der Waals surface area (Å²) in [6.45, 7) is 0.520. The Morgan fingerprint density at radius 2 is 1.87 bits per heavy atom. The molecule has 0 bridgehead atoms. The topological polar surface area (TPSA) is 23.5 Å². The van der Waals surface area contributed by atoms with Crippen LogP contribution in [0, 0.1) is 0 Å². The molecule has 0 amide bonds. The molecule has 1 aliphatic rings. The van der Waals surface area contributed by atoms with Gasteiger partial charge in [-0.25, -0.2) is 8.78 Å². The fourth-order valence-corrected chi connectivity index (χ4v) is 1.68. The third-order valence-corrected chi connectivity index (χ3v) is 2.48. The average Bonchev–Trinajstić information content (AvgIpc) is 2.18. The van der Waals surface area contributed by atoms with Gasteiger partial charge in [0.05, 0.1) is 12.2 Å². The molecule has 0 saturated heterocycles. The van der Waals surface area contributed by atoms with E-state index < -0.39 is 6.43 Å². The third kappa shape index (κ3) is 1.67. The van der Waals surface area contributed by atoms with E-state index in [2.05, 4.69) is 0 Å². The maximum absolute atomic E-state index is 12.3. The molecule has 0 aromatic heterocycles. The molecule has 0 fully saturated rings. The summed E-state index contributed by atoms with van der Waals surface area (Å²) >= 11 is 0. The lowest BCUT2D eigenvalue weighted by molar-refractivity contribution is 0.151. The maximum Gasteiger partial charge on any atom is 0.263 e. The van der Waals surface area contributed by atoms with Crippen LogP contribution in [0.1, 0.15) is 17.6 Å². The maximum atomic E-state index is 12.3. The van der Waals surface area contributed by atoms with Crippen LogP contribution in [0.2, 0.25) is 0 Å². The molecule has 0 spiro atoms. The summed E-state index contributed by atoms with van der Waals surface area (Å²) in [6.07, 6.45) is -2.44. The number of halogens is 2. The van der Waals surface area contributed by atoms with Gasteiger partial charge in [-0.2, -0.15) is 0 Å². The fraction of sp³-hybridized carbons (Fsp3) is 0.273. The van der Waals surface area contributed by atoms with Crippen LogP contribution in [0.4, 0.5) is 8.78 Å². The number of aliphatic hydroxyl groups excluding tert-OH is 1. The highest BCUT2D eigenvalue weighted by Gasteiger charge is 2.23. The van der Waals surface area contributed by atoms with Crippen LogP contribution in [-0.4, -0.2) is 23.6 Å². The minimum atomic E-state index is -2.44. The predicted octanol–water partition coefficient (Wildman–Crippen LogP) is 2.80. The van der Waals surface area contributed by atoms with Crippen LogP contribution >= 0.6 is 0 Å². The van der Waals surface area contributed by atoms with E-state index in [-0.39, 0.29) is 5.56 Å². The molecular weight excluding hydrogens is 200 g/mol. The number of rotatable bonds is 2. The molecule has 2 nitrogen and oxygen atoms in total. The number of aliphatic hydroxyl groups is 1. The van der Waals surface area contributed by atoms with Gasteiger partial charge >= 0.3 is 0 Å². The molecule has 4 heteroatoms. The fourth-order valence-electron chi connectivity index (χ4n) is 1.68. The van der Waals surface area contributed by atoms with Crippen molar-refractivity contribution in [3.05, 3.63) is 41.2 Å². The van der Waals surface area contributed by atoms with Gasteiger partial charge in [-0.3, -0.25) is 0 Å². The standard InChI is InChI=1S/C11H11F2NO/c1-14-6-9(15)10(14)7-2-4-8(5-3-7)11(12)13/h2-5,11,15H,6H2,1H3. The Balaban J connectivity index is 2.29. The zero-order valence-electron chi connectivity index (χ0n) is 8.24. The molecule has 0 atom stereocenters. The molecule has 0 aliphatic carbocycles. The summed E-state index contributed by atoms with van der Waals surface area (Å²) in [5.74, 6) is 0.308. The number of benzene rings is 1. The average molecular weight is 211 g/mol. The molecular formula is C11H11F2NO. The number of nitrogens with zero attached hydrogens (tertiary/aromatic N) is 1. The molecule has 15 heavy (non-hydrogen) atoms. The largest absolute Gasteiger partial charge is 0.508 e. The number of hydrogen-bond donors (Lipinski definition) is 1. The van der Waals surface area contributed by atoms with Crippen molar-refractivity contribution >= 4 is 5.70 Å². The van der Waals surface area contributed by atoms with Crippen molar-refractivity contribution < 1.29 is 13.9 Å². The van der Waals surface area contributed by atoms with Gasteiger partial charge in [-0.05, 0) is 0 Å². The lowest BCUT2D eigenvalue weighted by atomic mass is 10.0. The Hall–Kier alpha value is -1.58. The van der Waals surface area contributed by atoms with Crippen LogP contribution < -0.4 is 0 Å². The number of alkyl halides is 2. The van der Waals surface area contributed by atoms with Crippen molar-refractivity contribution in [3.63, 3.8) is 0 Å². The van der Waals surface area contributed by atoms with Gasteiger partial charge in [-0.15, -0.1) is 0 Å². The van der Waals surface area contributed by atoms with Crippen molar-refractivity contribution in [1.82, 2.24) is 4.90 Å². The van der Waals surface area contributed by atoms with Gasteiger partial charge in [0, 0.05) is 18.2 Å². The van der Waals surface area contributed by atoms with Gasteiger partial charge in [0.25, 0.3) is 6.43 Å². The normalized spacial score (nSPS) is 15.9. The van der Waals surface area contributed by atoms with Crippen molar-refractivity contribution in [2.75, 3.05) is 13.6 Å². The molecule has 2 rings (SSSR count). The Labute approximate surface area is 86.4 Å².